The second-order valence-electron chi connectivity index (χ2n) is 8.94. The summed E-state index contributed by atoms with van der Waals surface area (Å²) in [5, 5.41) is 39.0. The zero-order chi connectivity index (χ0) is 23.8. The van der Waals surface area contributed by atoms with Crippen LogP contribution in [0.3, 0.4) is 0 Å². The molecule has 4 rings (SSSR count). The van der Waals surface area contributed by atoms with Crippen molar-refractivity contribution >= 4 is 17.1 Å². The average molecular weight is 452 g/mol. The summed E-state index contributed by atoms with van der Waals surface area (Å²) in [6, 6.07) is 9.04. The fourth-order valence-corrected chi connectivity index (χ4v) is 3.29. The molecule has 3 heterocycles. The van der Waals surface area contributed by atoms with Crippen LogP contribution in [0.5, 0.6) is 0 Å². The van der Waals surface area contributed by atoms with Crippen molar-refractivity contribution in [1.29, 1.82) is 5.26 Å². The lowest BCUT2D eigenvalue weighted by Crippen LogP contribution is -2.42. The number of hydrogen-bond donors (Lipinski definition) is 4. The second kappa shape index (κ2) is 8.42. The number of fused-ring (bicyclic) bond motifs is 1. The fraction of sp³-hybridized carbons (Fsp3) is 0.391. The zero-order valence-corrected chi connectivity index (χ0v) is 18.3. The highest BCUT2D eigenvalue weighted by Crippen LogP contribution is 2.35. The minimum Gasteiger partial charge on any atom is -0.388 e. The number of carbonyl (C=O) groups excluding carboxylic acids is 1. The van der Waals surface area contributed by atoms with Crippen LogP contribution in [0.15, 0.2) is 36.7 Å². The van der Waals surface area contributed by atoms with Gasteiger partial charge < -0.3 is 20.8 Å². The van der Waals surface area contributed by atoms with Gasteiger partial charge in [-0.05, 0) is 51.0 Å². The van der Waals surface area contributed by atoms with Crippen molar-refractivity contribution < 1.29 is 19.4 Å². The molecule has 33 heavy (non-hydrogen) atoms. The van der Waals surface area contributed by atoms with Crippen molar-refractivity contribution in [2.75, 3.05) is 18.4 Å². The molecule has 10 heteroatoms. The number of nitriles is 1. The Morgan fingerprint density at radius 3 is 2.79 bits per heavy atom. The number of hydrogen-bond acceptors (Lipinski definition) is 7. The van der Waals surface area contributed by atoms with E-state index >= 15 is 0 Å². The molecule has 0 aliphatic heterocycles. The Hall–Kier alpha value is -3.55. The first-order valence-electron chi connectivity index (χ1n) is 10.6. The number of anilines is 1. The zero-order valence-electron chi connectivity index (χ0n) is 18.3. The van der Waals surface area contributed by atoms with Crippen molar-refractivity contribution in [2.24, 2.45) is 0 Å². The maximum atomic E-state index is 14.1. The van der Waals surface area contributed by atoms with Crippen molar-refractivity contribution in [2.45, 2.75) is 44.1 Å². The van der Waals surface area contributed by atoms with Crippen LogP contribution in [0.4, 0.5) is 10.1 Å². The number of aromatic nitrogens is 3. The van der Waals surface area contributed by atoms with Crippen molar-refractivity contribution in [3.05, 3.63) is 47.8 Å². The van der Waals surface area contributed by atoms with Crippen molar-refractivity contribution in [3.8, 4) is 17.5 Å². The van der Waals surface area contributed by atoms with E-state index in [0.29, 0.717) is 35.5 Å². The Morgan fingerprint density at radius 2 is 2.12 bits per heavy atom. The quantitative estimate of drug-likeness (QED) is 0.411. The van der Waals surface area contributed by atoms with Gasteiger partial charge in [-0.15, -0.1) is 0 Å². The minimum absolute atomic E-state index is 0.187. The van der Waals surface area contributed by atoms with Gasteiger partial charge in [-0.3, -0.25) is 9.78 Å². The molecule has 3 aromatic heterocycles. The van der Waals surface area contributed by atoms with Gasteiger partial charge in [-0.1, -0.05) is 0 Å². The largest absolute Gasteiger partial charge is 0.388 e. The summed E-state index contributed by atoms with van der Waals surface area (Å²) < 4.78 is 15.7. The molecule has 0 bridgehead atoms. The summed E-state index contributed by atoms with van der Waals surface area (Å²) >= 11 is 0. The molecule has 4 N–H and O–H groups in total. The maximum Gasteiger partial charge on any atom is 0.255 e. The predicted molar refractivity (Wildman–Crippen MR) is 119 cm³/mol. The molecule has 1 atom stereocenters. The predicted octanol–water partition coefficient (Wildman–Crippen LogP) is 2.04. The summed E-state index contributed by atoms with van der Waals surface area (Å²) in [4.78, 5) is 17.2. The van der Waals surface area contributed by atoms with E-state index < -0.39 is 23.3 Å². The fourth-order valence-electron chi connectivity index (χ4n) is 3.29. The number of nitrogens with one attached hydrogen (secondary N) is 2. The van der Waals surface area contributed by atoms with E-state index in [-0.39, 0.29) is 18.7 Å². The molecule has 0 radical (unpaired) electrons. The number of halogens is 1. The van der Waals surface area contributed by atoms with E-state index in [1.54, 1.807) is 22.7 Å². The Morgan fingerprint density at radius 1 is 1.36 bits per heavy atom. The van der Waals surface area contributed by atoms with Crippen LogP contribution in [0.2, 0.25) is 0 Å². The number of aliphatic hydroxyl groups is 2. The molecule has 0 unspecified atom stereocenters. The highest BCUT2D eigenvalue weighted by atomic mass is 19.1. The third-order valence-electron chi connectivity index (χ3n) is 5.68. The van der Waals surface area contributed by atoms with Gasteiger partial charge in [0, 0.05) is 12.7 Å². The number of nitrogens with zero attached hydrogens (tertiary/aromatic N) is 4. The molecule has 0 saturated heterocycles. The van der Waals surface area contributed by atoms with E-state index in [1.165, 1.54) is 26.2 Å². The first-order chi connectivity index (χ1) is 15.6. The molecule has 9 nitrogen and oxygen atoms in total. The molecule has 1 saturated carbocycles. The summed E-state index contributed by atoms with van der Waals surface area (Å²) in [6.45, 7) is 2.56. The molecule has 0 aromatic carbocycles. The minimum atomic E-state index is -1.64. The van der Waals surface area contributed by atoms with Gasteiger partial charge >= 0.3 is 0 Å². The van der Waals surface area contributed by atoms with Crippen LogP contribution < -0.4 is 10.6 Å². The highest BCUT2D eigenvalue weighted by Gasteiger charge is 2.40. The number of carbonyl (C=O) groups is 1. The molecule has 0 spiro atoms. The Balaban J connectivity index is 1.64. The van der Waals surface area contributed by atoms with Crippen LogP contribution in [0, 0.1) is 11.3 Å². The van der Waals surface area contributed by atoms with E-state index in [0.717, 1.165) is 5.52 Å². The van der Waals surface area contributed by atoms with Crippen LogP contribution in [0.1, 0.15) is 42.6 Å². The van der Waals surface area contributed by atoms with Gasteiger partial charge in [0.2, 0.25) is 0 Å². The van der Waals surface area contributed by atoms with Gasteiger partial charge in [0.1, 0.15) is 12.2 Å². The Kier molecular flexibility index (Phi) is 5.78. The lowest BCUT2D eigenvalue weighted by molar-refractivity contribution is -0.00177. The topological polar surface area (TPSA) is 136 Å². The van der Waals surface area contributed by atoms with Crippen LogP contribution in [0.25, 0.3) is 16.9 Å². The average Bonchev–Trinajstić information content (AvgIpc) is 3.38. The number of pyridine rings is 1. The highest BCUT2D eigenvalue weighted by molar-refractivity contribution is 6.00. The number of alkyl halides is 1. The first-order valence-corrected chi connectivity index (χ1v) is 10.6. The van der Waals surface area contributed by atoms with Gasteiger partial charge in [0.05, 0.1) is 57.7 Å². The lowest BCUT2D eigenvalue weighted by atomic mass is 10.0. The Bertz CT molecular complexity index is 1240. The molecular formula is C23H25FN6O3. The third-order valence-corrected chi connectivity index (χ3v) is 5.68. The van der Waals surface area contributed by atoms with Gasteiger partial charge in [-0.25, -0.2) is 8.91 Å². The molecular weight excluding hydrogens is 427 g/mol. The van der Waals surface area contributed by atoms with E-state index in [1.807, 2.05) is 6.07 Å². The van der Waals surface area contributed by atoms with Gasteiger partial charge in [0.25, 0.3) is 5.91 Å². The summed E-state index contributed by atoms with van der Waals surface area (Å²) in [5.74, 6) is -0.553. The summed E-state index contributed by atoms with van der Waals surface area (Å²) in [6.07, 6.45) is 2.53. The Labute approximate surface area is 189 Å². The lowest BCUT2D eigenvalue weighted by Gasteiger charge is -2.22. The van der Waals surface area contributed by atoms with Crippen molar-refractivity contribution in [3.63, 3.8) is 0 Å². The van der Waals surface area contributed by atoms with Crippen LogP contribution >= 0.6 is 0 Å². The van der Waals surface area contributed by atoms with E-state index in [2.05, 4.69) is 26.8 Å². The van der Waals surface area contributed by atoms with Gasteiger partial charge in [-0.2, -0.15) is 10.4 Å². The second-order valence-corrected chi connectivity index (χ2v) is 8.94. The smallest absolute Gasteiger partial charge is 0.255 e. The summed E-state index contributed by atoms with van der Waals surface area (Å²) in [5.41, 5.74) is 0.555. The van der Waals surface area contributed by atoms with Crippen LogP contribution in [-0.4, -0.2) is 61.2 Å². The molecule has 3 aromatic rings. The normalized spacial score (nSPS) is 15.6. The monoisotopic (exact) mass is 452 g/mol. The molecule has 172 valence electrons. The third kappa shape index (κ3) is 4.94. The van der Waals surface area contributed by atoms with E-state index in [9.17, 15) is 19.4 Å². The number of rotatable bonds is 8. The SMILES string of the molecule is CC(C)(O)[C@H](F)CNC(=O)c1cnc(-c2ccc3cc(C#N)cnn23)cc1NCC1(O)CC1. The summed E-state index contributed by atoms with van der Waals surface area (Å²) in [7, 11) is 0. The van der Waals surface area contributed by atoms with Gasteiger partial charge in [0.15, 0.2) is 0 Å². The molecule has 1 aliphatic carbocycles. The standard InChI is InChI=1S/C23H25FN6O3/c1-22(2,32)20(24)12-27-21(31)16-11-26-18(8-17(16)28-13-23(33)5-6-23)19-4-3-15-7-14(9-25)10-29-30(15)19/h3-4,7-8,10-11,20,32-33H,5-6,12-13H2,1-2H3,(H,26,28)(H,27,31)/t20-/m1/s1. The number of amides is 1. The first kappa shape index (κ1) is 22.6. The molecule has 1 fully saturated rings. The van der Waals surface area contributed by atoms with Crippen molar-refractivity contribution in [1.82, 2.24) is 19.9 Å². The maximum absolute atomic E-state index is 14.1. The van der Waals surface area contributed by atoms with Crippen LogP contribution in [-0.2, 0) is 0 Å². The molecule has 1 aliphatic rings. The molecule has 1 amide bonds. The van der Waals surface area contributed by atoms with E-state index in [4.69, 9.17) is 5.26 Å².